The van der Waals surface area contributed by atoms with E-state index in [9.17, 15) is 0 Å². The van der Waals surface area contributed by atoms with Gasteiger partial charge in [-0.3, -0.25) is 0 Å². The van der Waals surface area contributed by atoms with Gasteiger partial charge in [0.25, 0.3) is 0 Å². The highest BCUT2D eigenvalue weighted by Crippen LogP contribution is 2.44. The summed E-state index contributed by atoms with van der Waals surface area (Å²) in [7, 11) is 3.53. The summed E-state index contributed by atoms with van der Waals surface area (Å²) in [6, 6.07) is 0.305. The maximum atomic E-state index is 6.10. The van der Waals surface area contributed by atoms with Crippen LogP contribution in [0, 0.1) is 5.41 Å². The zero-order valence-corrected chi connectivity index (χ0v) is 11.9. The number of nitrogens with one attached hydrogen (secondary N) is 2. The monoisotopic (exact) mass is 270 g/mol. The number of ether oxygens (including phenoxy) is 1. The van der Waals surface area contributed by atoms with Crippen LogP contribution >= 0.6 is 11.6 Å². The number of anilines is 2. The number of methoxy groups -OCH3 is 1. The summed E-state index contributed by atoms with van der Waals surface area (Å²) >= 11 is 6.10. The Bertz CT molecular complexity index is 438. The summed E-state index contributed by atoms with van der Waals surface area (Å²) in [4.78, 5) is 8.38. The predicted octanol–water partition coefficient (Wildman–Crippen LogP) is 2.40. The van der Waals surface area contributed by atoms with Crippen molar-refractivity contribution in [3.05, 3.63) is 11.2 Å². The largest absolute Gasteiger partial charge is 0.381 e. The molecular weight excluding hydrogens is 252 g/mol. The van der Waals surface area contributed by atoms with Crippen molar-refractivity contribution in [1.29, 1.82) is 0 Å². The Morgan fingerprint density at radius 3 is 2.78 bits per heavy atom. The van der Waals surface area contributed by atoms with E-state index in [1.165, 1.54) is 0 Å². The van der Waals surface area contributed by atoms with Crippen molar-refractivity contribution in [2.24, 2.45) is 5.41 Å². The van der Waals surface area contributed by atoms with E-state index in [4.69, 9.17) is 16.3 Å². The standard InChI is InChI=1S/C12H19ClN4O/c1-12(2)8(5-9(12)18-4)16-10-7(13)6-15-11(14-3)17-10/h6,8-9H,5H2,1-4H3,(H2,14,15,16,17). The van der Waals surface area contributed by atoms with Gasteiger partial charge in [-0.1, -0.05) is 25.4 Å². The molecule has 0 aliphatic heterocycles. The van der Waals surface area contributed by atoms with Gasteiger partial charge in [-0.2, -0.15) is 4.98 Å². The fraction of sp³-hybridized carbons (Fsp3) is 0.667. The Hall–Kier alpha value is -1.07. The number of aromatic nitrogens is 2. The van der Waals surface area contributed by atoms with Gasteiger partial charge in [-0.15, -0.1) is 0 Å². The van der Waals surface area contributed by atoms with E-state index in [0.717, 1.165) is 6.42 Å². The third-order valence-electron chi connectivity index (χ3n) is 3.74. The fourth-order valence-electron chi connectivity index (χ4n) is 2.28. The van der Waals surface area contributed by atoms with Gasteiger partial charge in [-0.05, 0) is 6.42 Å². The highest BCUT2D eigenvalue weighted by atomic mass is 35.5. The Morgan fingerprint density at radius 2 is 2.22 bits per heavy atom. The minimum atomic E-state index is 0.0723. The summed E-state index contributed by atoms with van der Waals surface area (Å²) in [6.07, 6.45) is 2.83. The van der Waals surface area contributed by atoms with Gasteiger partial charge in [0, 0.05) is 25.6 Å². The van der Waals surface area contributed by atoms with Crippen molar-refractivity contribution in [2.45, 2.75) is 32.4 Å². The fourth-order valence-corrected chi connectivity index (χ4v) is 2.43. The molecular formula is C12H19ClN4O. The van der Waals surface area contributed by atoms with Gasteiger partial charge < -0.3 is 15.4 Å². The van der Waals surface area contributed by atoms with Gasteiger partial charge in [0.2, 0.25) is 5.95 Å². The van der Waals surface area contributed by atoms with E-state index < -0.39 is 0 Å². The van der Waals surface area contributed by atoms with Crippen LogP contribution in [0.1, 0.15) is 20.3 Å². The SMILES string of the molecule is CNc1ncc(Cl)c(NC2CC(OC)C2(C)C)n1. The van der Waals surface area contributed by atoms with Crippen LogP contribution in [-0.2, 0) is 4.74 Å². The second kappa shape index (κ2) is 4.90. The first kappa shape index (κ1) is 13.4. The molecule has 1 heterocycles. The summed E-state index contributed by atoms with van der Waals surface area (Å²) in [5, 5.41) is 6.80. The van der Waals surface area contributed by atoms with Gasteiger partial charge in [0.1, 0.15) is 5.02 Å². The molecule has 0 saturated heterocycles. The molecule has 18 heavy (non-hydrogen) atoms. The number of halogens is 1. The van der Waals surface area contributed by atoms with E-state index in [0.29, 0.717) is 22.8 Å². The van der Waals surface area contributed by atoms with Gasteiger partial charge in [-0.25, -0.2) is 4.98 Å². The molecule has 2 atom stereocenters. The van der Waals surface area contributed by atoms with Gasteiger partial charge in [0.05, 0.1) is 12.3 Å². The third-order valence-corrected chi connectivity index (χ3v) is 4.02. The number of hydrogen-bond donors (Lipinski definition) is 2. The van der Waals surface area contributed by atoms with Crippen molar-refractivity contribution in [2.75, 3.05) is 24.8 Å². The molecule has 1 fully saturated rings. The van der Waals surface area contributed by atoms with Crippen molar-refractivity contribution in [3.8, 4) is 0 Å². The lowest BCUT2D eigenvalue weighted by Crippen LogP contribution is -2.57. The molecule has 0 aromatic carbocycles. The summed E-state index contributed by atoms with van der Waals surface area (Å²) in [5.41, 5.74) is 0.0723. The van der Waals surface area contributed by atoms with Crippen LogP contribution in [-0.4, -0.2) is 36.3 Å². The van der Waals surface area contributed by atoms with Crippen LogP contribution in [0.25, 0.3) is 0 Å². The lowest BCUT2D eigenvalue weighted by molar-refractivity contribution is -0.0795. The second-order valence-corrected chi connectivity index (χ2v) is 5.53. The minimum absolute atomic E-state index is 0.0723. The molecule has 2 unspecified atom stereocenters. The summed E-state index contributed by atoms with van der Waals surface area (Å²) in [5.74, 6) is 1.23. The molecule has 1 aromatic heterocycles. The summed E-state index contributed by atoms with van der Waals surface area (Å²) < 4.78 is 5.43. The van der Waals surface area contributed by atoms with Crippen LogP contribution < -0.4 is 10.6 Å². The third kappa shape index (κ3) is 2.24. The Balaban J connectivity index is 2.11. The molecule has 5 nitrogen and oxygen atoms in total. The molecule has 2 N–H and O–H groups in total. The zero-order chi connectivity index (χ0) is 13.3. The molecule has 1 aliphatic carbocycles. The molecule has 0 spiro atoms. The van der Waals surface area contributed by atoms with Gasteiger partial charge >= 0.3 is 0 Å². The molecule has 0 radical (unpaired) electrons. The first-order chi connectivity index (χ1) is 8.48. The van der Waals surface area contributed by atoms with Crippen molar-refractivity contribution in [3.63, 3.8) is 0 Å². The quantitative estimate of drug-likeness (QED) is 0.880. The highest BCUT2D eigenvalue weighted by Gasteiger charge is 2.48. The van der Waals surface area contributed by atoms with Crippen molar-refractivity contribution < 1.29 is 4.74 Å². The molecule has 0 amide bonds. The van der Waals surface area contributed by atoms with Crippen molar-refractivity contribution >= 4 is 23.4 Å². The smallest absolute Gasteiger partial charge is 0.224 e. The topological polar surface area (TPSA) is 59.1 Å². The molecule has 0 bridgehead atoms. The normalized spacial score (nSPS) is 25.4. The minimum Gasteiger partial charge on any atom is -0.381 e. The van der Waals surface area contributed by atoms with E-state index in [2.05, 4.69) is 34.4 Å². The molecule has 100 valence electrons. The van der Waals surface area contributed by atoms with Crippen LogP contribution in [0.4, 0.5) is 11.8 Å². The van der Waals surface area contributed by atoms with Crippen LogP contribution in [0.5, 0.6) is 0 Å². The number of hydrogen-bond acceptors (Lipinski definition) is 5. The Kier molecular flexibility index (Phi) is 3.64. The van der Waals surface area contributed by atoms with E-state index in [-0.39, 0.29) is 11.5 Å². The van der Waals surface area contributed by atoms with E-state index in [1.807, 2.05) is 0 Å². The van der Waals surface area contributed by atoms with Crippen LogP contribution in [0.2, 0.25) is 5.02 Å². The zero-order valence-electron chi connectivity index (χ0n) is 11.1. The van der Waals surface area contributed by atoms with E-state index in [1.54, 1.807) is 20.4 Å². The number of rotatable bonds is 4. The van der Waals surface area contributed by atoms with Crippen molar-refractivity contribution in [1.82, 2.24) is 9.97 Å². The summed E-state index contributed by atoms with van der Waals surface area (Å²) in [6.45, 7) is 4.35. The molecule has 1 aromatic rings. The average Bonchev–Trinajstić information content (AvgIpc) is 2.35. The Labute approximate surface area is 112 Å². The van der Waals surface area contributed by atoms with Crippen LogP contribution in [0.15, 0.2) is 6.20 Å². The first-order valence-corrected chi connectivity index (χ1v) is 6.36. The average molecular weight is 271 g/mol. The Morgan fingerprint density at radius 1 is 1.50 bits per heavy atom. The lowest BCUT2D eigenvalue weighted by Gasteiger charge is -2.51. The van der Waals surface area contributed by atoms with Crippen LogP contribution in [0.3, 0.4) is 0 Å². The van der Waals surface area contributed by atoms with E-state index >= 15 is 0 Å². The second-order valence-electron chi connectivity index (χ2n) is 5.12. The maximum Gasteiger partial charge on any atom is 0.224 e. The highest BCUT2D eigenvalue weighted by molar-refractivity contribution is 6.32. The van der Waals surface area contributed by atoms with Gasteiger partial charge in [0.15, 0.2) is 5.82 Å². The number of nitrogens with zero attached hydrogens (tertiary/aromatic N) is 2. The molecule has 1 saturated carbocycles. The molecule has 1 aliphatic rings. The molecule has 2 rings (SSSR count). The first-order valence-electron chi connectivity index (χ1n) is 5.98. The lowest BCUT2D eigenvalue weighted by atomic mass is 9.64. The maximum absolute atomic E-state index is 6.10. The predicted molar refractivity (Wildman–Crippen MR) is 73.2 cm³/mol. The molecule has 6 heteroatoms.